The van der Waals surface area contributed by atoms with Gasteiger partial charge in [0.2, 0.25) is 0 Å². The molecule has 9 heavy (non-hydrogen) atoms. The average Bonchev–Trinajstić information content (AvgIpc) is 1.36. The summed E-state index contributed by atoms with van der Waals surface area (Å²) in [4.78, 5) is 21.6. The van der Waals surface area contributed by atoms with Gasteiger partial charge in [-0.2, -0.15) is 0 Å². The quantitative estimate of drug-likeness (QED) is 0.221. The van der Waals surface area contributed by atoms with E-state index in [1.54, 1.807) is 0 Å². The summed E-state index contributed by atoms with van der Waals surface area (Å²) in [6, 6.07) is 0. The molecule has 0 aromatic heterocycles. The molecule has 0 fully saturated rings. The summed E-state index contributed by atoms with van der Waals surface area (Å²) in [6.45, 7) is 4.75. The standard InChI is InChI=1S/CN.Fe.K.H3O4P.H/c1-2;;;1-5(2,3)4;/h;;;(H3,1,2,3,4);/q-1;;+1;;-1. The smallest absolute Gasteiger partial charge is 1.00 e. The van der Waals surface area contributed by atoms with E-state index < -0.39 is 7.82 Å². The number of hydrogen-bond acceptors (Lipinski definition) is 2. The van der Waals surface area contributed by atoms with Crippen molar-refractivity contribution < 1.29 is 89.1 Å². The summed E-state index contributed by atoms with van der Waals surface area (Å²) >= 11 is 0. The van der Waals surface area contributed by atoms with Gasteiger partial charge in [-0.1, -0.05) is 0 Å². The van der Waals surface area contributed by atoms with Crippen LogP contribution in [0.5, 0.6) is 0 Å². The first-order valence-electron chi connectivity index (χ1n) is 1.01. The second kappa shape index (κ2) is 12.4. The zero-order chi connectivity index (χ0) is 6.50. The molecule has 8 heteroatoms. The average molecular weight is 220 g/mol. The number of hydrogen-bond donors (Lipinski definition) is 3. The predicted octanol–water partition coefficient (Wildman–Crippen LogP) is -3.72. The van der Waals surface area contributed by atoms with Crippen LogP contribution in [-0.4, -0.2) is 14.7 Å². The van der Waals surface area contributed by atoms with Gasteiger partial charge < -0.3 is 27.9 Å². The van der Waals surface area contributed by atoms with Gasteiger partial charge in [-0.3, -0.25) is 0 Å². The van der Waals surface area contributed by atoms with Gasteiger partial charge in [-0.05, 0) is 0 Å². The molecule has 0 heterocycles. The largest absolute Gasteiger partial charge is 1.00 e. The van der Waals surface area contributed by atoms with Gasteiger partial charge in [0.25, 0.3) is 0 Å². The van der Waals surface area contributed by atoms with E-state index in [1.165, 1.54) is 0 Å². The van der Waals surface area contributed by atoms with Crippen LogP contribution in [0.15, 0.2) is 0 Å². The van der Waals surface area contributed by atoms with Crippen molar-refractivity contribution in [2.45, 2.75) is 0 Å². The molecule has 0 saturated heterocycles. The molecule has 0 aliphatic heterocycles. The molecule has 0 atom stereocenters. The van der Waals surface area contributed by atoms with Crippen molar-refractivity contribution in [1.82, 2.24) is 0 Å². The van der Waals surface area contributed by atoms with E-state index in [-0.39, 0.29) is 69.9 Å². The third kappa shape index (κ3) is 190. The Hall–Kier alpha value is 1.76. The fraction of sp³-hybridized carbons (Fsp3) is 0. The summed E-state index contributed by atoms with van der Waals surface area (Å²) in [5.41, 5.74) is 0. The Morgan fingerprint density at radius 2 is 1.33 bits per heavy atom. The molecule has 5 nitrogen and oxygen atoms in total. The molecule has 0 aromatic rings. The second-order valence-corrected chi connectivity index (χ2v) is 1.54. The van der Waals surface area contributed by atoms with Crippen LogP contribution in [0.25, 0.3) is 0 Å². The third-order valence-corrected chi connectivity index (χ3v) is 0. The molecule has 0 aliphatic carbocycles. The van der Waals surface area contributed by atoms with Crippen molar-refractivity contribution >= 4 is 7.82 Å². The van der Waals surface area contributed by atoms with Crippen LogP contribution >= 0.6 is 7.82 Å². The molecule has 3 N–H and O–H groups in total. The first-order valence-corrected chi connectivity index (χ1v) is 2.57. The Labute approximate surface area is 107 Å². The normalized spacial score (nSPS) is 6.78. The summed E-state index contributed by atoms with van der Waals surface area (Å²) in [5.74, 6) is 0. The minimum Gasteiger partial charge on any atom is -1.00 e. The number of phosphoric acid groups is 1. The van der Waals surface area contributed by atoms with Crippen molar-refractivity contribution in [3.8, 4) is 0 Å². The topological polar surface area (TPSA) is 102 Å². The molecule has 52 valence electrons. The van der Waals surface area contributed by atoms with E-state index in [0.29, 0.717) is 0 Å². The zero-order valence-electron chi connectivity index (χ0n) is 5.50. The molecular weight excluding hydrogens is 216 g/mol. The predicted molar refractivity (Wildman–Crippen MR) is 20.3 cm³/mol. The Bertz CT molecular complexity index is 96.4. The Kier molecular flexibility index (Phi) is 31.0. The van der Waals surface area contributed by atoms with Gasteiger partial charge in [0.1, 0.15) is 0 Å². The van der Waals surface area contributed by atoms with Gasteiger partial charge >= 0.3 is 59.2 Å². The van der Waals surface area contributed by atoms with Crippen LogP contribution < -0.4 is 51.4 Å². The molecule has 0 amide bonds. The zero-order valence-corrected chi connectivity index (χ0v) is 9.62. The van der Waals surface area contributed by atoms with Gasteiger partial charge in [0.15, 0.2) is 0 Å². The SMILES string of the molecule is O=P(O)(O)O.[C-]#N.[Fe].[H-].[K+]. The molecule has 0 unspecified atom stereocenters. The number of nitrogens with zero attached hydrogens (tertiary/aromatic N) is 1. The monoisotopic (exact) mass is 220 g/mol. The molecule has 0 aliphatic rings. The first kappa shape index (κ1) is 22.4. The van der Waals surface area contributed by atoms with E-state index in [4.69, 9.17) is 31.1 Å². The van der Waals surface area contributed by atoms with Gasteiger partial charge in [0, 0.05) is 17.1 Å². The third-order valence-electron chi connectivity index (χ3n) is 0. The van der Waals surface area contributed by atoms with Crippen LogP contribution in [0.4, 0.5) is 0 Å². The maximum Gasteiger partial charge on any atom is 1.00 e. The molecule has 0 aromatic carbocycles. The van der Waals surface area contributed by atoms with Gasteiger partial charge in [-0.25, -0.2) is 4.57 Å². The van der Waals surface area contributed by atoms with Crippen molar-refractivity contribution in [2.75, 3.05) is 0 Å². The van der Waals surface area contributed by atoms with E-state index >= 15 is 0 Å². The molecule has 0 saturated carbocycles. The van der Waals surface area contributed by atoms with E-state index in [2.05, 4.69) is 0 Å². The Morgan fingerprint density at radius 3 is 1.33 bits per heavy atom. The Morgan fingerprint density at radius 1 is 1.33 bits per heavy atom. The van der Waals surface area contributed by atoms with Crippen LogP contribution in [0.2, 0.25) is 0 Å². The van der Waals surface area contributed by atoms with Crippen molar-refractivity contribution in [2.24, 2.45) is 0 Å². The van der Waals surface area contributed by atoms with Crippen molar-refractivity contribution in [3.05, 3.63) is 6.57 Å². The van der Waals surface area contributed by atoms with Crippen molar-refractivity contribution in [3.63, 3.8) is 0 Å². The maximum absolute atomic E-state index is 8.88. The van der Waals surface area contributed by atoms with Crippen LogP contribution in [0.1, 0.15) is 1.43 Å². The van der Waals surface area contributed by atoms with E-state index in [0.717, 1.165) is 0 Å². The summed E-state index contributed by atoms with van der Waals surface area (Å²) in [6.07, 6.45) is 0. The maximum atomic E-state index is 8.88. The van der Waals surface area contributed by atoms with Gasteiger partial charge in [-0.15, -0.1) is 0 Å². The summed E-state index contributed by atoms with van der Waals surface area (Å²) in [5, 5.41) is 6.25. The summed E-state index contributed by atoms with van der Waals surface area (Å²) in [7, 11) is -4.64. The Balaban J connectivity index is -0.0000000154. The molecule has 0 bridgehead atoms. The minimum absolute atomic E-state index is 0. The molecular formula is CH4FeKNO4P-. The first-order chi connectivity index (χ1) is 3.00. The summed E-state index contributed by atoms with van der Waals surface area (Å²) < 4.78 is 8.88. The van der Waals surface area contributed by atoms with Gasteiger partial charge in [0.05, 0.1) is 0 Å². The molecule has 0 spiro atoms. The van der Waals surface area contributed by atoms with Crippen LogP contribution in [0, 0.1) is 11.8 Å². The fourth-order valence-electron chi connectivity index (χ4n) is 0. The molecule has 0 radical (unpaired) electrons. The second-order valence-electron chi connectivity index (χ2n) is 0.513. The number of rotatable bonds is 0. The van der Waals surface area contributed by atoms with Crippen LogP contribution in [-0.2, 0) is 21.6 Å². The fourth-order valence-corrected chi connectivity index (χ4v) is 0. The minimum atomic E-state index is -4.64. The van der Waals surface area contributed by atoms with Crippen molar-refractivity contribution in [1.29, 1.82) is 5.26 Å². The van der Waals surface area contributed by atoms with E-state index in [1.807, 2.05) is 0 Å². The van der Waals surface area contributed by atoms with Crippen LogP contribution in [0.3, 0.4) is 0 Å². The van der Waals surface area contributed by atoms with E-state index in [9.17, 15) is 0 Å². The molecule has 0 rings (SSSR count).